The van der Waals surface area contributed by atoms with Crippen LogP contribution >= 0.6 is 0 Å². The van der Waals surface area contributed by atoms with E-state index in [2.05, 4.69) is 35.9 Å². The molecule has 0 radical (unpaired) electrons. The maximum atomic E-state index is 12.6. The van der Waals surface area contributed by atoms with E-state index in [1.54, 1.807) is 6.20 Å². The second-order valence-electron chi connectivity index (χ2n) is 6.71. The average molecular weight is 317 g/mol. The van der Waals surface area contributed by atoms with Crippen molar-refractivity contribution in [3.63, 3.8) is 0 Å². The van der Waals surface area contributed by atoms with Crippen molar-refractivity contribution >= 4 is 17.2 Å². The second kappa shape index (κ2) is 5.06. The summed E-state index contributed by atoms with van der Waals surface area (Å²) in [6.07, 6.45) is 1.78. The van der Waals surface area contributed by atoms with Gasteiger partial charge in [-0.05, 0) is 36.8 Å². The minimum Gasteiger partial charge on any atom is -0.325 e. The minimum atomic E-state index is -0.172. The molecule has 1 aromatic carbocycles. The van der Waals surface area contributed by atoms with Crippen LogP contribution < -0.4 is 10.5 Å². The number of rotatable bonds is 1. The number of aromatic amines is 1. The molecule has 1 aliphatic rings. The highest BCUT2D eigenvalue weighted by Gasteiger charge is 2.37. The molecule has 0 fully saturated rings. The van der Waals surface area contributed by atoms with Gasteiger partial charge in [-0.2, -0.15) is 0 Å². The van der Waals surface area contributed by atoms with E-state index >= 15 is 0 Å². The number of H-pyrrole nitrogens is 1. The molecule has 0 saturated heterocycles. The van der Waals surface area contributed by atoms with Gasteiger partial charge in [0.15, 0.2) is 0 Å². The van der Waals surface area contributed by atoms with Crippen LogP contribution in [0.3, 0.4) is 0 Å². The van der Waals surface area contributed by atoms with Crippen molar-refractivity contribution < 1.29 is 0 Å². The maximum Gasteiger partial charge on any atom is 0.272 e. The van der Waals surface area contributed by atoms with Gasteiger partial charge in [0.05, 0.1) is 5.69 Å². The van der Waals surface area contributed by atoms with Gasteiger partial charge in [-0.3, -0.25) is 9.69 Å². The highest BCUT2D eigenvalue weighted by molar-refractivity contribution is 5.83. The first-order valence-electron chi connectivity index (χ1n) is 8.05. The fourth-order valence-electron chi connectivity index (χ4n) is 3.50. The van der Waals surface area contributed by atoms with E-state index in [4.69, 9.17) is 0 Å². The number of hydrogen-bond acceptors (Lipinski definition) is 3. The van der Waals surface area contributed by atoms with E-state index in [1.165, 1.54) is 5.56 Å². The molecule has 0 bridgehead atoms. The lowest BCUT2D eigenvalue weighted by Gasteiger charge is -2.40. The van der Waals surface area contributed by atoms with E-state index in [0.717, 1.165) is 22.8 Å². The number of aromatic nitrogens is 2. The summed E-state index contributed by atoms with van der Waals surface area (Å²) in [6, 6.07) is 16.0. The van der Waals surface area contributed by atoms with Crippen LogP contribution in [0.25, 0.3) is 0 Å². The van der Waals surface area contributed by atoms with Gasteiger partial charge in [-0.25, -0.2) is 4.98 Å². The summed E-state index contributed by atoms with van der Waals surface area (Å²) in [5, 5.41) is 0. The summed E-state index contributed by atoms with van der Waals surface area (Å²) < 4.78 is 0. The predicted molar refractivity (Wildman–Crippen MR) is 96.4 cm³/mol. The molecule has 0 aliphatic carbocycles. The standard InChI is InChI=1S/C20H19N3O/c1-13-10-11-17(19(24)22-13)23-16-9-5-4-7-14(16)20(2,3)15-8-6-12-21-18(15)23/h4-12H,1-3H3,(H,22,24). The number of aryl methyl sites for hydroxylation is 1. The van der Waals surface area contributed by atoms with E-state index in [-0.39, 0.29) is 11.0 Å². The monoisotopic (exact) mass is 317 g/mol. The third-order valence-corrected chi connectivity index (χ3v) is 4.77. The van der Waals surface area contributed by atoms with E-state index < -0.39 is 0 Å². The zero-order chi connectivity index (χ0) is 16.9. The van der Waals surface area contributed by atoms with Gasteiger partial charge in [0.1, 0.15) is 11.5 Å². The van der Waals surface area contributed by atoms with Crippen LogP contribution in [0.5, 0.6) is 0 Å². The van der Waals surface area contributed by atoms with Crippen molar-refractivity contribution in [1.29, 1.82) is 0 Å². The number of benzene rings is 1. The van der Waals surface area contributed by atoms with E-state index in [9.17, 15) is 4.79 Å². The molecule has 4 nitrogen and oxygen atoms in total. The summed E-state index contributed by atoms with van der Waals surface area (Å²) >= 11 is 0. The molecule has 0 unspecified atom stereocenters. The summed E-state index contributed by atoms with van der Waals surface area (Å²) in [4.78, 5) is 22.1. The SMILES string of the molecule is Cc1ccc(N2c3ccccc3C(C)(C)c3cccnc32)c(=O)[nH]1. The Hall–Kier alpha value is -2.88. The highest BCUT2D eigenvalue weighted by atomic mass is 16.1. The lowest BCUT2D eigenvalue weighted by molar-refractivity contribution is 0.627. The Morgan fingerprint density at radius 2 is 1.71 bits per heavy atom. The normalized spacial score (nSPS) is 14.9. The van der Waals surface area contributed by atoms with Crippen molar-refractivity contribution in [2.24, 2.45) is 0 Å². The molecule has 24 heavy (non-hydrogen) atoms. The molecule has 2 aromatic heterocycles. The van der Waals surface area contributed by atoms with Crippen molar-refractivity contribution in [2.75, 3.05) is 4.90 Å². The molecule has 0 amide bonds. The lowest BCUT2D eigenvalue weighted by atomic mass is 9.74. The lowest BCUT2D eigenvalue weighted by Crippen LogP contribution is -2.33. The third kappa shape index (κ3) is 1.99. The number of nitrogens with zero attached hydrogens (tertiary/aromatic N) is 2. The maximum absolute atomic E-state index is 12.6. The Morgan fingerprint density at radius 3 is 2.50 bits per heavy atom. The Kier molecular flexibility index (Phi) is 3.10. The summed E-state index contributed by atoms with van der Waals surface area (Å²) in [5.41, 5.74) is 4.45. The summed E-state index contributed by atoms with van der Waals surface area (Å²) in [7, 11) is 0. The average Bonchev–Trinajstić information content (AvgIpc) is 2.57. The van der Waals surface area contributed by atoms with E-state index in [0.29, 0.717) is 5.69 Å². The van der Waals surface area contributed by atoms with Crippen LogP contribution in [0, 0.1) is 6.92 Å². The Morgan fingerprint density at radius 1 is 0.958 bits per heavy atom. The zero-order valence-corrected chi connectivity index (χ0v) is 14.0. The number of hydrogen-bond donors (Lipinski definition) is 1. The number of para-hydroxylation sites is 1. The molecule has 4 heteroatoms. The quantitative estimate of drug-likeness (QED) is 0.732. The first-order chi connectivity index (χ1) is 11.5. The molecule has 4 rings (SSSR count). The molecule has 0 atom stereocenters. The molecular weight excluding hydrogens is 298 g/mol. The van der Waals surface area contributed by atoms with Crippen molar-refractivity contribution in [3.05, 3.63) is 81.9 Å². The predicted octanol–water partition coefficient (Wildman–Crippen LogP) is 4.19. The van der Waals surface area contributed by atoms with Crippen LogP contribution in [0.15, 0.2) is 59.5 Å². The van der Waals surface area contributed by atoms with Gasteiger partial charge in [0.25, 0.3) is 5.56 Å². The molecule has 1 N–H and O–H groups in total. The molecule has 3 aromatic rings. The van der Waals surface area contributed by atoms with Gasteiger partial charge in [-0.15, -0.1) is 0 Å². The van der Waals surface area contributed by atoms with Crippen molar-refractivity contribution in [3.8, 4) is 0 Å². The molecule has 3 heterocycles. The zero-order valence-electron chi connectivity index (χ0n) is 14.0. The smallest absolute Gasteiger partial charge is 0.272 e. The van der Waals surface area contributed by atoms with Crippen LogP contribution in [0.1, 0.15) is 30.7 Å². The van der Waals surface area contributed by atoms with Crippen LogP contribution in [-0.4, -0.2) is 9.97 Å². The van der Waals surface area contributed by atoms with Gasteiger partial charge in [-0.1, -0.05) is 38.1 Å². The molecular formula is C20H19N3O. The molecule has 0 spiro atoms. The fraction of sp³-hybridized carbons (Fsp3) is 0.200. The van der Waals surface area contributed by atoms with Gasteiger partial charge >= 0.3 is 0 Å². The number of anilines is 3. The highest BCUT2D eigenvalue weighted by Crippen LogP contribution is 2.49. The molecule has 0 saturated carbocycles. The Balaban J connectivity index is 2.07. The Labute approximate surface area is 140 Å². The Bertz CT molecular complexity index is 938. The summed E-state index contributed by atoms with van der Waals surface area (Å²) in [5.74, 6) is 0.815. The van der Waals surface area contributed by atoms with Crippen LogP contribution in [0.2, 0.25) is 0 Å². The minimum absolute atomic E-state index is 0.110. The first-order valence-corrected chi connectivity index (χ1v) is 8.05. The van der Waals surface area contributed by atoms with Crippen LogP contribution in [0.4, 0.5) is 17.2 Å². The second-order valence-corrected chi connectivity index (χ2v) is 6.71. The van der Waals surface area contributed by atoms with Gasteiger partial charge < -0.3 is 4.98 Å². The van der Waals surface area contributed by atoms with Crippen molar-refractivity contribution in [1.82, 2.24) is 9.97 Å². The largest absolute Gasteiger partial charge is 0.325 e. The van der Waals surface area contributed by atoms with Gasteiger partial charge in [0.2, 0.25) is 0 Å². The van der Waals surface area contributed by atoms with Crippen LogP contribution in [-0.2, 0) is 5.41 Å². The molecule has 1 aliphatic heterocycles. The van der Waals surface area contributed by atoms with Crippen molar-refractivity contribution in [2.45, 2.75) is 26.2 Å². The molecule has 120 valence electrons. The first kappa shape index (κ1) is 14.7. The number of fused-ring (bicyclic) bond motifs is 2. The fourth-order valence-corrected chi connectivity index (χ4v) is 3.50. The van der Waals surface area contributed by atoms with E-state index in [1.807, 2.05) is 48.2 Å². The topological polar surface area (TPSA) is 49.0 Å². The number of pyridine rings is 2. The third-order valence-electron chi connectivity index (χ3n) is 4.77. The number of nitrogens with one attached hydrogen (secondary N) is 1. The summed E-state index contributed by atoms with van der Waals surface area (Å²) in [6.45, 7) is 6.27. The van der Waals surface area contributed by atoms with Gasteiger partial charge in [0, 0.05) is 22.9 Å².